The molecule has 0 aliphatic carbocycles. The minimum Gasteiger partial charge on any atom is -0.481 e. The van der Waals surface area contributed by atoms with Gasteiger partial charge in [-0.3, -0.25) is 14.6 Å². The van der Waals surface area contributed by atoms with E-state index in [9.17, 15) is 9.59 Å². The summed E-state index contributed by atoms with van der Waals surface area (Å²) >= 11 is 6.54. The van der Waals surface area contributed by atoms with Crippen LogP contribution in [-0.4, -0.2) is 22.0 Å². The number of carboxylic acid groups (broad SMARTS) is 1. The molecular formula is C10H10Br2N2O3. The molecule has 1 amide bonds. The lowest BCUT2D eigenvalue weighted by atomic mass is 10.1. The van der Waals surface area contributed by atoms with Crippen LogP contribution in [0.4, 0.5) is 0 Å². The largest absolute Gasteiger partial charge is 0.481 e. The predicted octanol–water partition coefficient (Wildman–Crippen LogP) is 2.26. The zero-order chi connectivity index (χ0) is 13.0. The first-order chi connectivity index (χ1) is 7.90. The van der Waals surface area contributed by atoms with Crippen molar-refractivity contribution in [3.05, 3.63) is 26.9 Å². The number of amides is 1. The molecule has 1 aromatic heterocycles. The minimum atomic E-state index is -1.000. The zero-order valence-electron chi connectivity index (χ0n) is 8.91. The summed E-state index contributed by atoms with van der Waals surface area (Å²) in [4.78, 5) is 25.9. The van der Waals surface area contributed by atoms with Gasteiger partial charge in [-0.15, -0.1) is 0 Å². The number of hydrogen-bond donors (Lipinski definition) is 2. The number of aliphatic carboxylic acids is 1. The van der Waals surface area contributed by atoms with Gasteiger partial charge in [-0.2, -0.15) is 0 Å². The van der Waals surface area contributed by atoms with Crippen LogP contribution in [0.2, 0.25) is 0 Å². The molecule has 5 nitrogen and oxygen atoms in total. The molecule has 0 radical (unpaired) electrons. The van der Waals surface area contributed by atoms with Crippen LogP contribution >= 0.6 is 31.9 Å². The second-order valence-electron chi connectivity index (χ2n) is 3.37. The fourth-order valence-electron chi connectivity index (χ4n) is 1.32. The van der Waals surface area contributed by atoms with E-state index in [1.54, 1.807) is 12.3 Å². The maximum absolute atomic E-state index is 11.0. The van der Waals surface area contributed by atoms with Gasteiger partial charge in [0.2, 0.25) is 5.91 Å². The van der Waals surface area contributed by atoms with Crippen molar-refractivity contribution in [2.24, 2.45) is 0 Å². The number of nitrogens with one attached hydrogen (secondary N) is 1. The number of aromatic nitrogens is 1. The molecule has 0 aliphatic rings. The topological polar surface area (TPSA) is 79.3 Å². The Balaban J connectivity index is 3.02. The first-order valence-corrected chi connectivity index (χ1v) is 6.28. The lowest BCUT2D eigenvalue weighted by Gasteiger charge is -2.16. The third-order valence-electron chi connectivity index (χ3n) is 1.92. The smallest absolute Gasteiger partial charge is 0.305 e. The van der Waals surface area contributed by atoms with Gasteiger partial charge in [0, 0.05) is 22.1 Å². The average molecular weight is 366 g/mol. The monoisotopic (exact) mass is 364 g/mol. The average Bonchev–Trinajstić information content (AvgIpc) is 2.14. The second kappa shape index (κ2) is 6.11. The van der Waals surface area contributed by atoms with Gasteiger partial charge in [-0.1, -0.05) is 0 Å². The van der Waals surface area contributed by atoms with Gasteiger partial charge in [0.25, 0.3) is 0 Å². The van der Waals surface area contributed by atoms with E-state index in [1.165, 1.54) is 6.92 Å². The van der Waals surface area contributed by atoms with Crippen LogP contribution in [0.1, 0.15) is 25.1 Å². The van der Waals surface area contributed by atoms with Crippen molar-refractivity contribution in [2.45, 2.75) is 19.4 Å². The fourth-order valence-corrected chi connectivity index (χ4v) is 2.58. The lowest BCUT2D eigenvalue weighted by Crippen LogP contribution is -2.29. The molecule has 0 saturated carbocycles. The summed E-state index contributed by atoms with van der Waals surface area (Å²) < 4.78 is 1.41. The third kappa shape index (κ3) is 4.43. The number of nitrogens with zero attached hydrogens (tertiary/aromatic N) is 1. The molecule has 1 aromatic rings. The van der Waals surface area contributed by atoms with Crippen LogP contribution in [0, 0.1) is 0 Å². The lowest BCUT2D eigenvalue weighted by molar-refractivity contribution is -0.137. The van der Waals surface area contributed by atoms with Crippen LogP contribution in [0.3, 0.4) is 0 Å². The van der Waals surface area contributed by atoms with E-state index in [-0.39, 0.29) is 12.3 Å². The second-order valence-corrected chi connectivity index (χ2v) is 5.14. The quantitative estimate of drug-likeness (QED) is 0.857. The molecule has 17 heavy (non-hydrogen) atoms. The van der Waals surface area contributed by atoms with E-state index in [1.807, 2.05) is 0 Å². The predicted molar refractivity (Wildman–Crippen MR) is 68.4 cm³/mol. The summed E-state index contributed by atoms with van der Waals surface area (Å²) in [6.45, 7) is 1.33. The van der Waals surface area contributed by atoms with Crippen LogP contribution in [0.25, 0.3) is 0 Å². The Kier molecular flexibility index (Phi) is 5.07. The van der Waals surface area contributed by atoms with Crippen LogP contribution < -0.4 is 5.32 Å². The van der Waals surface area contributed by atoms with E-state index in [2.05, 4.69) is 42.2 Å². The summed E-state index contributed by atoms with van der Waals surface area (Å²) in [6, 6.07) is 1.10. The normalized spacial score (nSPS) is 11.9. The first kappa shape index (κ1) is 14.1. The number of carbonyl (C=O) groups excluding carboxylic acids is 1. The summed E-state index contributed by atoms with van der Waals surface area (Å²) in [5.41, 5.74) is 0.491. The highest BCUT2D eigenvalue weighted by Gasteiger charge is 2.20. The van der Waals surface area contributed by atoms with E-state index < -0.39 is 12.0 Å². The Morgan fingerprint density at radius 2 is 2.18 bits per heavy atom. The van der Waals surface area contributed by atoms with Gasteiger partial charge < -0.3 is 10.4 Å². The van der Waals surface area contributed by atoms with Crippen LogP contribution in [-0.2, 0) is 9.59 Å². The number of halogens is 2. The standard InChI is InChI=1S/C10H10Br2N2O3/c1-5(15)14-8(3-9(16)17)10-7(12)2-6(11)4-13-10/h2,4,8H,3H2,1H3,(H,14,15)(H,16,17). The summed E-state index contributed by atoms with van der Waals surface area (Å²) in [5, 5.41) is 11.4. The highest BCUT2D eigenvalue weighted by atomic mass is 79.9. The summed E-state index contributed by atoms with van der Waals surface area (Å²) in [5.74, 6) is -1.30. The van der Waals surface area contributed by atoms with Gasteiger partial charge in [0.05, 0.1) is 18.2 Å². The number of carboxylic acids is 1. The van der Waals surface area contributed by atoms with E-state index in [0.717, 1.165) is 4.47 Å². The Hall–Kier alpha value is -0.950. The maximum atomic E-state index is 11.0. The maximum Gasteiger partial charge on any atom is 0.305 e. The molecule has 0 aromatic carbocycles. The van der Waals surface area contributed by atoms with Gasteiger partial charge in [0.15, 0.2) is 0 Å². The number of pyridine rings is 1. The van der Waals surface area contributed by atoms with Crippen molar-refractivity contribution < 1.29 is 14.7 Å². The summed E-state index contributed by atoms with van der Waals surface area (Å²) in [6.07, 6.45) is 1.34. The molecule has 1 heterocycles. The van der Waals surface area contributed by atoms with E-state index in [4.69, 9.17) is 5.11 Å². The molecule has 0 bridgehead atoms. The molecule has 0 saturated heterocycles. The molecule has 0 aliphatic heterocycles. The zero-order valence-corrected chi connectivity index (χ0v) is 12.1. The number of carbonyl (C=O) groups is 2. The number of rotatable bonds is 4. The van der Waals surface area contributed by atoms with Crippen molar-refractivity contribution in [3.8, 4) is 0 Å². The summed E-state index contributed by atoms with van der Waals surface area (Å²) in [7, 11) is 0. The van der Waals surface area contributed by atoms with Gasteiger partial charge in [-0.25, -0.2) is 0 Å². The molecule has 0 spiro atoms. The van der Waals surface area contributed by atoms with Crippen molar-refractivity contribution in [3.63, 3.8) is 0 Å². The molecule has 0 fully saturated rings. The molecule has 1 rings (SSSR count). The van der Waals surface area contributed by atoms with Crippen molar-refractivity contribution >= 4 is 43.7 Å². The minimum absolute atomic E-state index is 0.215. The Bertz CT molecular complexity index is 435. The van der Waals surface area contributed by atoms with Crippen LogP contribution in [0.5, 0.6) is 0 Å². The van der Waals surface area contributed by atoms with Crippen LogP contribution in [0.15, 0.2) is 21.2 Å². The van der Waals surface area contributed by atoms with Gasteiger partial charge >= 0.3 is 5.97 Å². The Morgan fingerprint density at radius 3 is 2.65 bits per heavy atom. The SMILES string of the molecule is CC(=O)NC(CC(=O)O)c1ncc(Br)cc1Br. The molecule has 7 heteroatoms. The molecule has 2 N–H and O–H groups in total. The van der Waals surface area contributed by atoms with Crippen molar-refractivity contribution in [2.75, 3.05) is 0 Å². The highest BCUT2D eigenvalue weighted by molar-refractivity contribution is 9.11. The molecule has 1 atom stereocenters. The van der Waals surface area contributed by atoms with E-state index >= 15 is 0 Å². The molecule has 92 valence electrons. The van der Waals surface area contributed by atoms with Gasteiger partial charge in [0.1, 0.15) is 0 Å². The fraction of sp³-hybridized carbons (Fsp3) is 0.300. The third-order valence-corrected chi connectivity index (χ3v) is 2.99. The molecular weight excluding hydrogens is 356 g/mol. The van der Waals surface area contributed by atoms with Gasteiger partial charge in [-0.05, 0) is 37.9 Å². The van der Waals surface area contributed by atoms with Crippen molar-refractivity contribution in [1.29, 1.82) is 0 Å². The van der Waals surface area contributed by atoms with Crippen molar-refractivity contribution in [1.82, 2.24) is 10.3 Å². The highest BCUT2D eigenvalue weighted by Crippen LogP contribution is 2.26. The number of hydrogen-bond acceptors (Lipinski definition) is 3. The first-order valence-electron chi connectivity index (χ1n) is 4.70. The Labute approximate surface area is 115 Å². The molecule has 1 unspecified atom stereocenters. The van der Waals surface area contributed by atoms with E-state index in [0.29, 0.717) is 10.2 Å². The Morgan fingerprint density at radius 1 is 1.53 bits per heavy atom.